The van der Waals surface area contributed by atoms with Gasteiger partial charge in [0.25, 0.3) is 0 Å². The fourth-order valence-electron chi connectivity index (χ4n) is 3.36. The molecule has 0 aliphatic rings. The summed E-state index contributed by atoms with van der Waals surface area (Å²) in [6.45, 7) is 1.87. The minimum absolute atomic E-state index is 0.173. The summed E-state index contributed by atoms with van der Waals surface area (Å²) < 4.78 is 37.0. The van der Waals surface area contributed by atoms with Crippen LogP contribution in [-0.2, 0) is 18.1 Å². The van der Waals surface area contributed by atoms with Crippen molar-refractivity contribution in [2.24, 2.45) is 0 Å². The van der Waals surface area contributed by atoms with Crippen LogP contribution in [0, 0.1) is 0 Å². The Balaban J connectivity index is 1.94. The van der Waals surface area contributed by atoms with Gasteiger partial charge < -0.3 is 0 Å². The monoisotopic (exact) mass is 615 g/mol. The molecule has 0 aliphatic heterocycles. The van der Waals surface area contributed by atoms with Gasteiger partial charge in [-0.25, -0.2) is 0 Å². The van der Waals surface area contributed by atoms with Gasteiger partial charge in [-0.2, -0.15) is 0 Å². The van der Waals surface area contributed by atoms with E-state index in [-0.39, 0.29) is 21.0 Å². The summed E-state index contributed by atoms with van der Waals surface area (Å²) in [5.41, 5.74) is 1.18. The van der Waals surface area contributed by atoms with E-state index in [1.165, 1.54) is 19.5 Å². The fraction of sp³-hybridized carbons (Fsp3) is 0.250. The molecule has 1 N–H and O–H groups in total. The summed E-state index contributed by atoms with van der Waals surface area (Å²) in [5, 5.41) is 3.20. The number of anilines is 1. The Morgan fingerprint density at radius 2 is 1.82 bits per heavy atom. The molecule has 0 radical (unpaired) electrons. The van der Waals surface area contributed by atoms with Gasteiger partial charge in [-0.15, -0.1) is 0 Å². The first kappa shape index (κ1) is 26.2. The zero-order valence-electron chi connectivity index (χ0n) is 18.9. The SMILES string of the molecule is COc1ccc(OC)c(C(C)(CS(=O)(=O)c2ccccc2)[I-]CC(=O)Nc2cncc(Cl)c2)c1. The van der Waals surface area contributed by atoms with E-state index in [4.69, 9.17) is 21.1 Å². The van der Waals surface area contributed by atoms with Crippen molar-refractivity contribution in [2.75, 3.05) is 29.7 Å². The van der Waals surface area contributed by atoms with Gasteiger partial charge in [0.1, 0.15) is 0 Å². The van der Waals surface area contributed by atoms with Crippen LogP contribution in [0.5, 0.6) is 11.5 Å². The standard InChI is InChI=1S/C24H25ClIN2O5S/c1-24(16-34(30,31)20-7-5-4-6-8-20,21-12-19(32-2)9-10-22(21)33-3)26-13-23(29)28-18-11-17(25)14-27-15-18/h4-12,14-15H,13,16H2,1-3H3,(H,28,29)/q-1. The number of sulfone groups is 1. The van der Waals surface area contributed by atoms with Crippen LogP contribution in [-0.4, -0.2) is 43.7 Å². The van der Waals surface area contributed by atoms with Gasteiger partial charge in [0.2, 0.25) is 0 Å². The number of carbonyl (C=O) groups excluding carboxylic acids is 1. The van der Waals surface area contributed by atoms with Crippen molar-refractivity contribution < 1.29 is 43.9 Å². The number of ether oxygens (including phenoxy) is 2. The third-order valence-corrected chi connectivity index (χ3v) is 11.4. The van der Waals surface area contributed by atoms with Gasteiger partial charge in [0, 0.05) is 0 Å². The molecule has 182 valence electrons. The molecule has 1 amide bonds. The molecular formula is C24H25ClIN2O5S-. The Bertz CT molecular complexity index is 1260. The van der Waals surface area contributed by atoms with Crippen molar-refractivity contribution in [3.8, 4) is 11.5 Å². The summed E-state index contributed by atoms with van der Waals surface area (Å²) in [6, 6.07) is 15.2. The number of amides is 1. The Labute approximate surface area is 215 Å². The Hall–Kier alpha value is -2.37. The molecule has 0 aliphatic carbocycles. The molecule has 0 fully saturated rings. The predicted molar refractivity (Wildman–Crippen MR) is 128 cm³/mol. The number of halogens is 2. The number of aromatic nitrogens is 1. The molecule has 34 heavy (non-hydrogen) atoms. The van der Waals surface area contributed by atoms with Gasteiger partial charge in [-0.05, 0) is 0 Å². The summed E-state index contributed by atoms with van der Waals surface area (Å²) in [5.74, 6) is 0.720. The van der Waals surface area contributed by atoms with Gasteiger partial charge >= 0.3 is 216 Å². The maximum atomic E-state index is 13.4. The summed E-state index contributed by atoms with van der Waals surface area (Å²) in [6.07, 6.45) is 2.98. The van der Waals surface area contributed by atoms with Crippen LogP contribution in [0.3, 0.4) is 0 Å². The van der Waals surface area contributed by atoms with Gasteiger partial charge in [-0.3, -0.25) is 0 Å². The Kier molecular flexibility index (Phi) is 8.78. The molecule has 1 aromatic heterocycles. The van der Waals surface area contributed by atoms with Crippen LogP contribution in [0.2, 0.25) is 5.02 Å². The maximum absolute atomic E-state index is 13.4. The molecule has 7 nitrogen and oxygen atoms in total. The second-order valence-electron chi connectivity index (χ2n) is 7.54. The number of pyridine rings is 1. The molecule has 2 aromatic carbocycles. The number of nitrogens with zero attached hydrogens (tertiary/aromatic N) is 1. The topological polar surface area (TPSA) is 94.6 Å². The number of nitrogens with one attached hydrogen (secondary N) is 1. The molecule has 0 saturated heterocycles. The van der Waals surface area contributed by atoms with Gasteiger partial charge in [0.15, 0.2) is 0 Å². The second-order valence-corrected chi connectivity index (χ2v) is 13.9. The summed E-state index contributed by atoms with van der Waals surface area (Å²) in [7, 11) is -0.568. The Morgan fingerprint density at radius 1 is 1.09 bits per heavy atom. The van der Waals surface area contributed by atoms with Gasteiger partial charge in [0.05, 0.1) is 0 Å². The van der Waals surface area contributed by atoms with Crippen LogP contribution in [0.25, 0.3) is 0 Å². The molecule has 0 saturated carbocycles. The van der Waals surface area contributed by atoms with E-state index in [0.717, 1.165) is 0 Å². The average molecular weight is 616 g/mol. The van der Waals surface area contributed by atoms with Crippen molar-refractivity contribution in [1.29, 1.82) is 0 Å². The number of benzene rings is 2. The number of methoxy groups -OCH3 is 2. The molecule has 0 spiro atoms. The molecule has 1 unspecified atom stereocenters. The molecular weight excluding hydrogens is 591 g/mol. The molecule has 0 bridgehead atoms. The summed E-state index contributed by atoms with van der Waals surface area (Å²) in [4.78, 5) is 17.0. The average Bonchev–Trinajstić information content (AvgIpc) is 2.82. The van der Waals surface area contributed by atoms with Crippen LogP contribution < -0.4 is 36.0 Å². The first-order chi connectivity index (χ1) is 16.2. The molecule has 3 aromatic rings. The molecule has 3 rings (SSSR count). The third-order valence-electron chi connectivity index (χ3n) is 5.00. The number of hydrogen-bond donors (Lipinski definition) is 1. The van der Waals surface area contributed by atoms with Crippen LogP contribution in [0.15, 0.2) is 71.9 Å². The molecule has 1 atom stereocenters. The number of carbonyl (C=O) groups is 1. The van der Waals surface area contributed by atoms with Crippen molar-refractivity contribution in [2.45, 2.75) is 15.2 Å². The van der Waals surface area contributed by atoms with Crippen LogP contribution in [0.4, 0.5) is 5.69 Å². The zero-order valence-corrected chi connectivity index (χ0v) is 22.6. The first-order valence-electron chi connectivity index (χ1n) is 10.2. The van der Waals surface area contributed by atoms with Crippen molar-refractivity contribution in [3.63, 3.8) is 0 Å². The number of alkyl halides is 2. The van der Waals surface area contributed by atoms with E-state index < -0.39 is 34.5 Å². The quantitative estimate of drug-likeness (QED) is 0.272. The Morgan fingerprint density at radius 3 is 2.47 bits per heavy atom. The third kappa shape index (κ3) is 6.61. The van der Waals surface area contributed by atoms with Crippen LogP contribution in [0.1, 0.15) is 12.5 Å². The predicted octanol–water partition coefficient (Wildman–Crippen LogP) is 1.17. The van der Waals surface area contributed by atoms with E-state index in [9.17, 15) is 13.2 Å². The van der Waals surface area contributed by atoms with Crippen molar-refractivity contribution in [1.82, 2.24) is 4.98 Å². The van der Waals surface area contributed by atoms with E-state index in [2.05, 4.69) is 10.3 Å². The summed E-state index contributed by atoms with van der Waals surface area (Å²) >= 11 is 4.92. The fourth-order valence-corrected chi connectivity index (χ4v) is 9.32. The van der Waals surface area contributed by atoms with Crippen molar-refractivity contribution >= 4 is 33.0 Å². The van der Waals surface area contributed by atoms with E-state index in [1.54, 1.807) is 61.7 Å². The number of rotatable bonds is 10. The zero-order chi connectivity index (χ0) is 24.8. The normalized spacial score (nSPS) is 13.2. The minimum atomic E-state index is -3.65. The van der Waals surface area contributed by atoms with Crippen LogP contribution >= 0.6 is 11.6 Å². The first-order valence-corrected chi connectivity index (χ1v) is 14.8. The van der Waals surface area contributed by atoms with E-state index in [0.29, 0.717) is 27.8 Å². The van der Waals surface area contributed by atoms with Crippen molar-refractivity contribution in [3.05, 3.63) is 77.6 Å². The van der Waals surface area contributed by atoms with E-state index >= 15 is 0 Å². The second kappa shape index (κ2) is 11.4. The molecule has 10 heteroatoms. The number of hydrogen-bond acceptors (Lipinski definition) is 6. The van der Waals surface area contributed by atoms with Gasteiger partial charge in [-0.1, -0.05) is 0 Å². The molecule has 1 heterocycles. The van der Waals surface area contributed by atoms with E-state index in [1.807, 2.05) is 6.92 Å².